The van der Waals surface area contributed by atoms with Gasteiger partial charge in [0, 0.05) is 15.8 Å². The average molecular weight is 318 g/mol. The molecule has 0 radical (unpaired) electrons. The summed E-state index contributed by atoms with van der Waals surface area (Å²) in [6.45, 7) is 0. The van der Waals surface area contributed by atoms with E-state index in [4.69, 9.17) is 4.99 Å². The molecular weight excluding hydrogens is 306 g/mol. The number of nitrogens with zero attached hydrogens (tertiary/aromatic N) is 1. The molecule has 0 amide bonds. The zero-order valence-corrected chi connectivity index (χ0v) is 12.1. The summed E-state index contributed by atoms with van der Waals surface area (Å²) in [5.41, 5.74) is 2.49. The number of hydrogen-bond donors (Lipinski definition) is 0. The van der Waals surface area contributed by atoms with Crippen molar-refractivity contribution in [2.75, 3.05) is 5.75 Å². The predicted molar refractivity (Wildman–Crippen MR) is 82.3 cm³/mol. The Hall–Kier alpha value is -1.06. The minimum Gasteiger partial charge on any atom is -0.269 e. The van der Waals surface area contributed by atoms with Crippen molar-refractivity contribution in [2.45, 2.75) is 6.04 Å². The first-order chi connectivity index (χ1) is 8.84. The molecule has 2 aromatic carbocycles. The van der Waals surface area contributed by atoms with Gasteiger partial charge in [-0.05, 0) is 11.6 Å². The molecule has 0 aliphatic carbocycles. The van der Waals surface area contributed by atoms with Gasteiger partial charge in [-0.15, -0.1) is 11.8 Å². The highest BCUT2D eigenvalue weighted by Gasteiger charge is 2.21. The van der Waals surface area contributed by atoms with Crippen LogP contribution in [0.3, 0.4) is 0 Å². The highest BCUT2D eigenvalue weighted by Crippen LogP contribution is 2.34. The van der Waals surface area contributed by atoms with Gasteiger partial charge in [-0.3, -0.25) is 4.99 Å². The molecule has 0 unspecified atom stereocenters. The van der Waals surface area contributed by atoms with E-state index in [0.717, 1.165) is 15.3 Å². The molecule has 1 atom stereocenters. The van der Waals surface area contributed by atoms with Crippen LogP contribution in [0.1, 0.15) is 17.2 Å². The van der Waals surface area contributed by atoms with Crippen molar-refractivity contribution in [1.82, 2.24) is 0 Å². The lowest BCUT2D eigenvalue weighted by atomic mass is 10.1. The highest BCUT2D eigenvalue weighted by atomic mass is 79.9. The molecule has 0 bridgehead atoms. The number of hydrogen-bond acceptors (Lipinski definition) is 2. The molecule has 1 aliphatic rings. The standard InChI is InChI=1S/C15H12BrNS/c16-13-9-5-4-8-12(13)15-17-14(10-18-15)11-6-2-1-3-7-11/h1-9,14H,10H2/t14-/m0/s1. The third-order valence-electron chi connectivity index (χ3n) is 2.94. The number of aliphatic imine (C=N–C) groups is 1. The van der Waals surface area contributed by atoms with E-state index in [9.17, 15) is 0 Å². The molecule has 1 heterocycles. The van der Waals surface area contributed by atoms with Gasteiger partial charge in [0.15, 0.2) is 0 Å². The van der Waals surface area contributed by atoms with Crippen LogP contribution in [-0.2, 0) is 0 Å². The second-order valence-corrected chi connectivity index (χ2v) is 6.01. The second-order valence-electron chi connectivity index (χ2n) is 4.15. The van der Waals surface area contributed by atoms with Crippen LogP contribution in [-0.4, -0.2) is 10.8 Å². The summed E-state index contributed by atoms with van der Waals surface area (Å²) in [6.07, 6.45) is 0. The van der Waals surface area contributed by atoms with Crippen LogP contribution in [0.15, 0.2) is 64.1 Å². The van der Waals surface area contributed by atoms with Gasteiger partial charge in [-0.25, -0.2) is 0 Å². The Kier molecular flexibility index (Phi) is 3.52. The first kappa shape index (κ1) is 12.0. The summed E-state index contributed by atoms with van der Waals surface area (Å²) in [5, 5.41) is 1.14. The maximum Gasteiger partial charge on any atom is 0.0997 e. The quantitative estimate of drug-likeness (QED) is 0.783. The van der Waals surface area contributed by atoms with Crippen LogP contribution < -0.4 is 0 Å². The van der Waals surface area contributed by atoms with Gasteiger partial charge in [0.1, 0.15) is 0 Å². The Labute approximate surface area is 119 Å². The van der Waals surface area contributed by atoms with E-state index in [1.807, 2.05) is 23.9 Å². The zero-order chi connectivity index (χ0) is 12.4. The first-order valence-corrected chi connectivity index (χ1v) is 7.63. The third kappa shape index (κ3) is 2.38. The molecule has 1 aliphatic heterocycles. The van der Waals surface area contributed by atoms with Crippen LogP contribution >= 0.6 is 27.7 Å². The highest BCUT2D eigenvalue weighted by molar-refractivity contribution is 9.10. The van der Waals surface area contributed by atoms with E-state index in [0.29, 0.717) is 6.04 Å². The lowest BCUT2D eigenvalue weighted by Crippen LogP contribution is -1.93. The molecule has 0 fully saturated rings. The maximum absolute atomic E-state index is 4.84. The molecule has 3 rings (SSSR count). The summed E-state index contributed by atoms with van der Waals surface area (Å²) < 4.78 is 1.12. The fraction of sp³-hybridized carbons (Fsp3) is 0.133. The Morgan fingerprint density at radius 1 is 1.00 bits per heavy atom. The molecule has 3 heteroatoms. The first-order valence-electron chi connectivity index (χ1n) is 5.85. The maximum atomic E-state index is 4.84. The third-order valence-corrected chi connectivity index (χ3v) is 4.71. The van der Waals surface area contributed by atoms with Gasteiger partial charge in [0.05, 0.1) is 11.1 Å². The second kappa shape index (κ2) is 5.29. The summed E-state index contributed by atoms with van der Waals surface area (Å²) in [7, 11) is 0. The van der Waals surface area contributed by atoms with Crippen LogP contribution in [0.5, 0.6) is 0 Å². The van der Waals surface area contributed by atoms with Gasteiger partial charge < -0.3 is 0 Å². The lowest BCUT2D eigenvalue weighted by molar-refractivity contribution is 0.850. The van der Waals surface area contributed by atoms with Crippen molar-refractivity contribution in [3.05, 3.63) is 70.2 Å². The number of halogens is 1. The van der Waals surface area contributed by atoms with Crippen molar-refractivity contribution in [3.8, 4) is 0 Å². The Morgan fingerprint density at radius 3 is 2.50 bits per heavy atom. The molecule has 0 saturated heterocycles. The van der Waals surface area contributed by atoms with Crippen molar-refractivity contribution in [3.63, 3.8) is 0 Å². The Bertz CT molecular complexity index is 580. The van der Waals surface area contributed by atoms with E-state index in [-0.39, 0.29) is 0 Å². The fourth-order valence-electron chi connectivity index (χ4n) is 2.00. The molecule has 1 nitrogen and oxygen atoms in total. The molecule has 0 N–H and O–H groups in total. The summed E-state index contributed by atoms with van der Waals surface area (Å²) in [5.74, 6) is 1.03. The molecule has 2 aromatic rings. The largest absolute Gasteiger partial charge is 0.269 e. The normalized spacial score (nSPS) is 18.7. The lowest BCUT2D eigenvalue weighted by Gasteiger charge is -2.04. The summed E-state index contributed by atoms with van der Waals surface area (Å²) in [6, 6.07) is 19.1. The van der Waals surface area contributed by atoms with E-state index in [2.05, 4.69) is 58.4 Å². The molecule has 0 saturated carbocycles. The fourth-order valence-corrected chi connectivity index (χ4v) is 3.72. The molecule has 18 heavy (non-hydrogen) atoms. The van der Waals surface area contributed by atoms with Crippen LogP contribution in [0.4, 0.5) is 0 Å². The van der Waals surface area contributed by atoms with E-state index >= 15 is 0 Å². The van der Waals surface area contributed by atoms with Crippen molar-refractivity contribution in [1.29, 1.82) is 0 Å². The van der Waals surface area contributed by atoms with Gasteiger partial charge in [-0.2, -0.15) is 0 Å². The summed E-state index contributed by atoms with van der Waals surface area (Å²) >= 11 is 5.42. The van der Waals surface area contributed by atoms with Crippen LogP contribution in [0.25, 0.3) is 0 Å². The molecular formula is C15H12BrNS. The van der Waals surface area contributed by atoms with E-state index in [1.165, 1.54) is 11.1 Å². The SMILES string of the molecule is Brc1ccccc1C1=N[C@H](c2ccccc2)CS1. The topological polar surface area (TPSA) is 12.4 Å². The van der Waals surface area contributed by atoms with Crippen molar-refractivity contribution >= 4 is 32.7 Å². The van der Waals surface area contributed by atoms with Gasteiger partial charge in [0.2, 0.25) is 0 Å². The van der Waals surface area contributed by atoms with Gasteiger partial charge in [0.25, 0.3) is 0 Å². The smallest absolute Gasteiger partial charge is 0.0997 e. The van der Waals surface area contributed by atoms with Gasteiger partial charge in [-0.1, -0.05) is 64.5 Å². The zero-order valence-electron chi connectivity index (χ0n) is 9.71. The minimum absolute atomic E-state index is 0.290. The van der Waals surface area contributed by atoms with Gasteiger partial charge >= 0.3 is 0 Å². The number of rotatable bonds is 2. The molecule has 0 aromatic heterocycles. The van der Waals surface area contributed by atoms with Crippen LogP contribution in [0.2, 0.25) is 0 Å². The monoisotopic (exact) mass is 317 g/mol. The predicted octanol–water partition coefficient (Wildman–Crippen LogP) is 4.68. The Balaban J connectivity index is 1.91. The van der Waals surface area contributed by atoms with Crippen molar-refractivity contribution in [2.24, 2.45) is 4.99 Å². The Morgan fingerprint density at radius 2 is 1.72 bits per heavy atom. The van der Waals surface area contributed by atoms with Crippen LogP contribution in [0, 0.1) is 0 Å². The minimum atomic E-state index is 0.290. The van der Waals surface area contributed by atoms with E-state index < -0.39 is 0 Å². The summed E-state index contributed by atoms with van der Waals surface area (Å²) in [4.78, 5) is 4.84. The average Bonchev–Trinajstić information content (AvgIpc) is 2.90. The van der Waals surface area contributed by atoms with E-state index in [1.54, 1.807) is 0 Å². The molecule has 0 spiro atoms. The van der Waals surface area contributed by atoms with Crippen molar-refractivity contribution < 1.29 is 0 Å². The molecule has 90 valence electrons. The number of thioether (sulfide) groups is 1. The number of benzene rings is 2.